The molecule has 142 valence electrons. The summed E-state index contributed by atoms with van der Waals surface area (Å²) in [6.07, 6.45) is -1.09. The fourth-order valence-electron chi connectivity index (χ4n) is 2.68. The predicted octanol–water partition coefficient (Wildman–Crippen LogP) is 1.99. The second kappa shape index (κ2) is 9.67. The summed E-state index contributed by atoms with van der Waals surface area (Å²) in [5.41, 5.74) is 0. The molecule has 0 amide bonds. The Kier molecular flexibility index (Phi) is 7.57. The average molecular weight is 362 g/mol. The molecule has 1 atom stereocenters. The number of alkyl halides is 3. The number of hydrogen-bond donors (Lipinski definition) is 2. The zero-order valence-electron chi connectivity index (χ0n) is 14.3. The van der Waals surface area contributed by atoms with Gasteiger partial charge in [0.2, 0.25) is 0 Å². The van der Waals surface area contributed by atoms with Crippen LogP contribution in [0.15, 0.2) is 27.8 Å². The van der Waals surface area contributed by atoms with Gasteiger partial charge in [-0.2, -0.15) is 13.2 Å². The first-order valence-electron chi connectivity index (χ1n) is 8.32. The van der Waals surface area contributed by atoms with Gasteiger partial charge in [0, 0.05) is 39.3 Å². The maximum atomic E-state index is 12.4. The van der Waals surface area contributed by atoms with E-state index >= 15 is 0 Å². The van der Waals surface area contributed by atoms with Crippen LogP contribution in [0.4, 0.5) is 13.2 Å². The third-order valence-corrected chi connectivity index (χ3v) is 3.82. The Labute approximate surface area is 145 Å². The summed E-state index contributed by atoms with van der Waals surface area (Å²) in [6.45, 7) is 1.63. The molecular weight excluding hydrogens is 337 g/mol. The summed E-state index contributed by atoms with van der Waals surface area (Å²) in [5.74, 6) is 1.39. The highest BCUT2D eigenvalue weighted by atomic mass is 19.4. The Hall–Kier alpha value is -1.74. The molecule has 1 fully saturated rings. The van der Waals surface area contributed by atoms with Crippen molar-refractivity contribution in [2.45, 2.75) is 31.7 Å². The highest BCUT2D eigenvalue weighted by Crippen LogP contribution is 2.19. The predicted molar refractivity (Wildman–Crippen MR) is 88.4 cm³/mol. The van der Waals surface area contributed by atoms with Crippen molar-refractivity contribution in [2.24, 2.45) is 4.99 Å². The molecule has 0 bridgehead atoms. The lowest BCUT2D eigenvalue weighted by Gasteiger charge is -2.19. The van der Waals surface area contributed by atoms with Crippen LogP contribution < -0.4 is 10.6 Å². The highest BCUT2D eigenvalue weighted by Gasteiger charge is 2.34. The lowest BCUT2D eigenvalue weighted by atomic mass is 10.3. The van der Waals surface area contributed by atoms with Crippen molar-refractivity contribution in [3.05, 3.63) is 24.2 Å². The van der Waals surface area contributed by atoms with Gasteiger partial charge in [-0.1, -0.05) is 0 Å². The molecular formula is C16H25F3N4O2. The van der Waals surface area contributed by atoms with Crippen LogP contribution in [0.2, 0.25) is 0 Å². The summed E-state index contributed by atoms with van der Waals surface area (Å²) >= 11 is 0. The molecule has 1 aliphatic heterocycles. The van der Waals surface area contributed by atoms with Gasteiger partial charge in [0.25, 0.3) is 0 Å². The summed E-state index contributed by atoms with van der Waals surface area (Å²) < 4.78 is 47.9. The number of rotatable bonds is 8. The average Bonchev–Trinajstić information content (AvgIpc) is 3.20. The number of hydrogen-bond acceptors (Lipinski definition) is 4. The second-order valence-electron chi connectivity index (χ2n) is 5.96. The summed E-state index contributed by atoms with van der Waals surface area (Å²) in [4.78, 5) is 5.52. The summed E-state index contributed by atoms with van der Waals surface area (Å²) in [7, 11) is 1.64. The van der Waals surface area contributed by atoms with Crippen LogP contribution in [0.5, 0.6) is 0 Å². The number of nitrogens with zero attached hydrogens (tertiary/aromatic N) is 2. The minimum atomic E-state index is -4.15. The zero-order chi connectivity index (χ0) is 18.1. The van der Waals surface area contributed by atoms with Crippen LogP contribution >= 0.6 is 0 Å². The van der Waals surface area contributed by atoms with E-state index in [1.807, 2.05) is 12.1 Å². The van der Waals surface area contributed by atoms with E-state index in [4.69, 9.17) is 9.15 Å². The van der Waals surface area contributed by atoms with Crippen LogP contribution in [0.25, 0.3) is 0 Å². The first-order chi connectivity index (χ1) is 12.0. The fourth-order valence-corrected chi connectivity index (χ4v) is 2.68. The molecule has 1 unspecified atom stereocenters. The zero-order valence-corrected chi connectivity index (χ0v) is 14.3. The van der Waals surface area contributed by atoms with E-state index in [1.165, 1.54) is 4.90 Å². The van der Waals surface area contributed by atoms with Crippen LogP contribution in [0.3, 0.4) is 0 Å². The Morgan fingerprint density at radius 2 is 2.32 bits per heavy atom. The van der Waals surface area contributed by atoms with Crippen molar-refractivity contribution in [3.63, 3.8) is 0 Å². The van der Waals surface area contributed by atoms with E-state index in [9.17, 15) is 13.2 Å². The Bertz CT molecular complexity index is 520. The minimum Gasteiger partial charge on any atom is -0.467 e. The minimum absolute atomic E-state index is 0.0243. The van der Waals surface area contributed by atoms with Gasteiger partial charge in [0.1, 0.15) is 12.4 Å². The molecule has 1 aliphatic rings. The highest BCUT2D eigenvalue weighted by molar-refractivity contribution is 5.79. The van der Waals surface area contributed by atoms with Gasteiger partial charge in [0.05, 0.1) is 12.8 Å². The summed E-state index contributed by atoms with van der Waals surface area (Å²) in [6, 6.07) is 3.64. The van der Waals surface area contributed by atoms with Crippen LogP contribution in [-0.4, -0.2) is 62.9 Å². The number of guanidine groups is 1. The van der Waals surface area contributed by atoms with E-state index in [1.54, 1.807) is 13.3 Å². The topological polar surface area (TPSA) is 62.0 Å². The SMILES string of the molecule is CN=C(NCCCOCc1ccco1)NC1CCN(CC(F)(F)F)C1. The number of ether oxygens (including phenoxy) is 1. The molecule has 9 heteroatoms. The smallest absolute Gasteiger partial charge is 0.401 e. The Morgan fingerprint density at radius 3 is 3.00 bits per heavy atom. The maximum Gasteiger partial charge on any atom is 0.401 e. The molecule has 2 N–H and O–H groups in total. The monoisotopic (exact) mass is 362 g/mol. The van der Waals surface area contributed by atoms with Gasteiger partial charge in [-0.15, -0.1) is 0 Å². The molecule has 1 saturated heterocycles. The maximum absolute atomic E-state index is 12.4. The molecule has 2 heterocycles. The van der Waals surface area contributed by atoms with Gasteiger partial charge in [-0.3, -0.25) is 9.89 Å². The number of halogens is 3. The van der Waals surface area contributed by atoms with Crippen molar-refractivity contribution in [1.82, 2.24) is 15.5 Å². The third-order valence-electron chi connectivity index (χ3n) is 3.82. The number of furan rings is 1. The van der Waals surface area contributed by atoms with E-state index in [0.717, 1.165) is 12.2 Å². The van der Waals surface area contributed by atoms with Gasteiger partial charge in [0.15, 0.2) is 5.96 Å². The van der Waals surface area contributed by atoms with Gasteiger partial charge < -0.3 is 19.8 Å². The normalized spacial score (nSPS) is 19.4. The quantitative estimate of drug-likeness (QED) is 0.421. The number of nitrogens with one attached hydrogen (secondary N) is 2. The fraction of sp³-hybridized carbons (Fsp3) is 0.688. The summed E-state index contributed by atoms with van der Waals surface area (Å²) in [5, 5.41) is 6.32. The van der Waals surface area contributed by atoms with Gasteiger partial charge in [-0.25, -0.2) is 0 Å². The second-order valence-corrected chi connectivity index (χ2v) is 5.96. The largest absolute Gasteiger partial charge is 0.467 e. The Balaban J connectivity index is 1.56. The van der Waals surface area contributed by atoms with Crippen molar-refractivity contribution < 1.29 is 22.3 Å². The third kappa shape index (κ3) is 7.78. The lowest BCUT2D eigenvalue weighted by Crippen LogP contribution is -2.45. The lowest BCUT2D eigenvalue weighted by molar-refractivity contribution is -0.143. The molecule has 0 aliphatic carbocycles. The molecule has 25 heavy (non-hydrogen) atoms. The molecule has 0 saturated carbocycles. The Morgan fingerprint density at radius 1 is 1.48 bits per heavy atom. The van der Waals surface area contributed by atoms with Crippen LogP contribution in [0, 0.1) is 0 Å². The van der Waals surface area contributed by atoms with E-state index in [-0.39, 0.29) is 6.04 Å². The molecule has 0 radical (unpaired) electrons. The van der Waals surface area contributed by atoms with Gasteiger partial charge >= 0.3 is 6.18 Å². The van der Waals surface area contributed by atoms with Gasteiger partial charge in [-0.05, 0) is 25.0 Å². The van der Waals surface area contributed by atoms with E-state index < -0.39 is 12.7 Å². The molecule has 0 spiro atoms. The molecule has 2 rings (SSSR count). The van der Waals surface area contributed by atoms with E-state index in [0.29, 0.717) is 45.2 Å². The van der Waals surface area contributed by atoms with Crippen molar-refractivity contribution in [3.8, 4) is 0 Å². The molecule has 0 aromatic carbocycles. The molecule has 1 aromatic rings. The number of aliphatic imine (C=N–C) groups is 1. The van der Waals surface area contributed by atoms with Crippen LogP contribution in [0.1, 0.15) is 18.6 Å². The van der Waals surface area contributed by atoms with Crippen molar-refractivity contribution >= 4 is 5.96 Å². The first-order valence-corrected chi connectivity index (χ1v) is 8.32. The van der Waals surface area contributed by atoms with Crippen molar-refractivity contribution in [2.75, 3.05) is 39.8 Å². The molecule has 6 nitrogen and oxygen atoms in total. The first kappa shape index (κ1) is 19.6. The van der Waals surface area contributed by atoms with Crippen molar-refractivity contribution in [1.29, 1.82) is 0 Å². The standard InChI is InChI=1S/C16H25F3N4O2/c1-20-15(21-6-3-8-24-11-14-4-2-9-25-14)22-13-5-7-23(10-13)12-16(17,18)19/h2,4,9,13H,3,5-8,10-12H2,1H3,(H2,20,21,22). The van der Waals surface area contributed by atoms with E-state index in [2.05, 4.69) is 15.6 Å². The van der Waals surface area contributed by atoms with Crippen LogP contribution in [-0.2, 0) is 11.3 Å². The molecule has 1 aromatic heterocycles. The number of likely N-dealkylation sites (tertiary alicyclic amines) is 1.